The van der Waals surface area contributed by atoms with Crippen LogP contribution >= 0.6 is 11.3 Å². The number of nitrogens with zero attached hydrogens (tertiary/aromatic N) is 1. The van der Waals surface area contributed by atoms with Gasteiger partial charge in [0.25, 0.3) is 0 Å². The van der Waals surface area contributed by atoms with Crippen LogP contribution in [0.1, 0.15) is 32.2 Å². The van der Waals surface area contributed by atoms with Gasteiger partial charge in [0.15, 0.2) is 22.0 Å². The number of fused-ring (bicyclic) bond motifs is 3. The first kappa shape index (κ1) is 18.0. The Balaban J connectivity index is 1.38. The molecule has 5 aromatic rings. The first-order chi connectivity index (χ1) is 15.1. The summed E-state index contributed by atoms with van der Waals surface area (Å²) < 4.78 is 5.85. The number of carbonyl (C=O) groups is 2. The molecule has 6 rings (SSSR count). The number of hydrogen-bond acceptors (Lipinski definition) is 5. The van der Waals surface area contributed by atoms with Crippen LogP contribution < -0.4 is 0 Å². The summed E-state index contributed by atoms with van der Waals surface area (Å²) >= 11 is 1.52. The largest absolute Gasteiger partial charge is 0.436 e. The normalized spacial score (nSPS) is 13.4. The van der Waals surface area contributed by atoms with E-state index in [4.69, 9.17) is 4.42 Å². The van der Waals surface area contributed by atoms with Gasteiger partial charge in [0.2, 0.25) is 5.89 Å². The Bertz CT molecular complexity index is 1480. The van der Waals surface area contributed by atoms with Crippen molar-refractivity contribution in [2.45, 2.75) is 6.92 Å². The molecule has 0 unspecified atom stereocenters. The summed E-state index contributed by atoms with van der Waals surface area (Å²) in [6, 6.07) is 21.5. The molecule has 0 N–H and O–H groups in total. The molecule has 2 heterocycles. The van der Waals surface area contributed by atoms with Crippen LogP contribution in [0, 0.1) is 6.92 Å². The third kappa shape index (κ3) is 2.86. The number of benzene rings is 3. The molecule has 0 bridgehead atoms. The van der Waals surface area contributed by atoms with Crippen molar-refractivity contribution in [3.05, 3.63) is 94.9 Å². The van der Waals surface area contributed by atoms with Gasteiger partial charge in [-0.3, -0.25) is 9.59 Å². The van der Waals surface area contributed by atoms with Crippen molar-refractivity contribution in [1.82, 2.24) is 4.98 Å². The Labute approximate surface area is 181 Å². The molecule has 2 aromatic heterocycles. The van der Waals surface area contributed by atoms with Crippen molar-refractivity contribution in [3.63, 3.8) is 0 Å². The van der Waals surface area contributed by atoms with E-state index in [1.54, 1.807) is 12.1 Å². The molecule has 0 amide bonds. The first-order valence-corrected chi connectivity index (χ1v) is 10.7. The molecular formula is C26H15NO3S. The molecule has 148 valence electrons. The maximum atomic E-state index is 12.9. The molecule has 0 aliphatic heterocycles. The molecule has 31 heavy (non-hydrogen) atoms. The molecule has 1 aliphatic rings. The minimum atomic E-state index is -0.285. The molecule has 0 fully saturated rings. The summed E-state index contributed by atoms with van der Waals surface area (Å²) in [4.78, 5) is 32.1. The molecule has 0 radical (unpaired) electrons. The van der Waals surface area contributed by atoms with E-state index in [1.165, 1.54) is 23.0 Å². The van der Waals surface area contributed by atoms with Gasteiger partial charge in [0.1, 0.15) is 0 Å². The van der Waals surface area contributed by atoms with Crippen molar-refractivity contribution in [2.24, 2.45) is 0 Å². The lowest BCUT2D eigenvalue weighted by atomic mass is 10.0. The number of oxazole rings is 1. The van der Waals surface area contributed by atoms with Crippen LogP contribution in [-0.2, 0) is 0 Å². The molecule has 1 aliphatic carbocycles. The number of hydrogen-bond donors (Lipinski definition) is 0. The topological polar surface area (TPSA) is 60.2 Å². The summed E-state index contributed by atoms with van der Waals surface area (Å²) in [5.74, 6) is -0.300. The fraction of sp³-hybridized carbons (Fsp3) is 0.0385. The van der Waals surface area contributed by atoms with Gasteiger partial charge in [0.05, 0.1) is 5.57 Å². The van der Waals surface area contributed by atoms with E-state index in [1.807, 2.05) is 30.3 Å². The quantitative estimate of drug-likeness (QED) is 0.242. The van der Waals surface area contributed by atoms with Crippen molar-refractivity contribution in [3.8, 4) is 10.4 Å². The van der Waals surface area contributed by atoms with E-state index >= 15 is 0 Å². The summed E-state index contributed by atoms with van der Waals surface area (Å²) in [6.07, 6.45) is 1.47. The van der Waals surface area contributed by atoms with Crippen LogP contribution in [-0.4, -0.2) is 16.6 Å². The lowest BCUT2D eigenvalue weighted by Gasteiger charge is -2.00. The van der Waals surface area contributed by atoms with E-state index < -0.39 is 0 Å². The van der Waals surface area contributed by atoms with Crippen LogP contribution in [0.5, 0.6) is 0 Å². The average Bonchev–Trinajstić information content (AvgIpc) is 3.40. The number of carbonyl (C=O) groups excluding carboxylic acids is 2. The fourth-order valence-corrected chi connectivity index (χ4v) is 4.90. The van der Waals surface area contributed by atoms with Gasteiger partial charge in [-0.05, 0) is 35.4 Å². The van der Waals surface area contributed by atoms with Gasteiger partial charge in [-0.25, -0.2) is 0 Å². The molecule has 5 heteroatoms. The second-order valence-corrected chi connectivity index (χ2v) is 8.69. The number of allylic oxidation sites excluding steroid dienone is 1. The zero-order valence-corrected chi connectivity index (χ0v) is 17.3. The van der Waals surface area contributed by atoms with Gasteiger partial charge in [-0.1, -0.05) is 54.1 Å². The molecule has 3 aromatic carbocycles. The highest BCUT2D eigenvalue weighted by atomic mass is 32.1. The van der Waals surface area contributed by atoms with Crippen molar-refractivity contribution in [2.75, 3.05) is 0 Å². The predicted octanol–water partition coefficient (Wildman–Crippen LogP) is 6.48. The third-order valence-electron chi connectivity index (χ3n) is 5.57. The molecule has 0 saturated carbocycles. The first-order valence-electron chi connectivity index (χ1n) is 9.88. The minimum Gasteiger partial charge on any atom is -0.436 e. The number of Topliss-reactive ketones (excluding diaryl/α,β-unsaturated/α-hetero) is 2. The fourth-order valence-electron chi connectivity index (χ4n) is 3.94. The standard InChI is InChI=1S/C26H15NO3S/c1-14-6-8-15(9-7-14)22-13-21-26(31-22)27-23(30-21)12-20-24(28)18-10-16-4-2-3-5-17(16)11-19(18)25(20)29/h2-13H,1H3. The van der Waals surface area contributed by atoms with E-state index in [2.05, 4.69) is 36.2 Å². The van der Waals surface area contributed by atoms with E-state index in [0.717, 1.165) is 26.0 Å². The van der Waals surface area contributed by atoms with Crippen LogP contribution in [0.2, 0.25) is 0 Å². The van der Waals surface area contributed by atoms with E-state index in [9.17, 15) is 9.59 Å². The highest BCUT2D eigenvalue weighted by Gasteiger charge is 2.34. The molecular weight excluding hydrogens is 406 g/mol. The monoisotopic (exact) mass is 421 g/mol. The molecule has 0 atom stereocenters. The smallest absolute Gasteiger partial charge is 0.221 e. The third-order valence-corrected chi connectivity index (χ3v) is 6.63. The Morgan fingerprint density at radius 2 is 1.52 bits per heavy atom. The number of rotatable bonds is 2. The van der Waals surface area contributed by atoms with Gasteiger partial charge in [-0.2, -0.15) is 4.98 Å². The van der Waals surface area contributed by atoms with E-state index in [-0.39, 0.29) is 23.0 Å². The number of ketones is 2. The van der Waals surface area contributed by atoms with Crippen molar-refractivity contribution >= 4 is 50.2 Å². The molecule has 0 saturated heterocycles. The Kier molecular flexibility index (Phi) is 3.82. The summed E-state index contributed by atoms with van der Waals surface area (Å²) in [7, 11) is 0. The Morgan fingerprint density at radius 1 is 0.871 bits per heavy atom. The summed E-state index contributed by atoms with van der Waals surface area (Å²) in [6.45, 7) is 2.05. The SMILES string of the molecule is Cc1ccc(-c2cc3oc(C=C4C(=O)c5cc6ccccc6cc5C4=O)nc3s2)cc1. The summed E-state index contributed by atoms with van der Waals surface area (Å²) in [5.41, 5.74) is 3.92. The van der Waals surface area contributed by atoms with Crippen LogP contribution in [0.4, 0.5) is 0 Å². The average molecular weight is 421 g/mol. The Morgan fingerprint density at radius 3 is 2.13 bits per heavy atom. The van der Waals surface area contributed by atoms with Gasteiger partial charge >= 0.3 is 0 Å². The molecule has 4 nitrogen and oxygen atoms in total. The van der Waals surface area contributed by atoms with Crippen molar-refractivity contribution < 1.29 is 14.0 Å². The Hall–Kier alpha value is -3.83. The minimum absolute atomic E-state index is 0.0953. The van der Waals surface area contributed by atoms with Crippen molar-refractivity contribution in [1.29, 1.82) is 0 Å². The van der Waals surface area contributed by atoms with Gasteiger partial charge in [-0.15, -0.1) is 11.3 Å². The lowest BCUT2D eigenvalue weighted by Crippen LogP contribution is -2.00. The number of thiophene rings is 1. The number of aryl methyl sites for hydroxylation is 1. The zero-order valence-electron chi connectivity index (χ0n) is 16.5. The van der Waals surface area contributed by atoms with E-state index in [0.29, 0.717) is 16.7 Å². The zero-order chi connectivity index (χ0) is 21.1. The number of aromatic nitrogens is 1. The highest BCUT2D eigenvalue weighted by Crippen LogP contribution is 2.35. The maximum absolute atomic E-state index is 12.9. The van der Waals surface area contributed by atoms with Crippen LogP contribution in [0.15, 0.2) is 76.7 Å². The maximum Gasteiger partial charge on any atom is 0.221 e. The van der Waals surface area contributed by atoms with Gasteiger partial charge in [0, 0.05) is 28.1 Å². The van der Waals surface area contributed by atoms with Gasteiger partial charge < -0.3 is 4.42 Å². The summed E-state index contributed by atoms with van der Waals surface area (Å²) in [5, 5.41) is 1.87. The highest BCUT2D eigenvalue weighted by molar-refractivity contribution is 7.21. The van der Waals surface area contributed by atoms with Crippen LogP contribution in [0.3, 0.4) is 0 Å². The lowest BCUT2D eigenvalue weighted by molar-refractivity contribution is 0.0990. The second-order valence-electron chi connectivity index (χ2n) is 7.66. The molecule has 0 spiro atoms. The predicted molar refractivity (Wildman–Crippen MR) is 123 cm³/mol. The second kappa shape index (κ2) is 6.59. The van der Waals surface area contributed by atoms with Crippen LogP contribution in [0.25, 0.3) is 37.7 Å².